The van der Waals surface area contributed by atoms with Gasteiger partial charge in [0.1, 0.15) is 0 Å². The molecule has 0 radical (unpaired) electrons. The van der Waals surface area contributed by atoms with Crippen LogP contribution >= 0.6 is 0 Å². The van der Waals surface area contributed by atoms with Crippen LogP contribution in [0.2, 0.25) is 0 Å². The minimum Gasteiger partial charge on any atom is -0.490 e. The van der Waals surface area contributed by atoms with Gasteiger partial charge in [0.25, 0.3) is 0 Å². The second kappa shape index (κ2) is 2.55. The average molecular weight is 162 g/mol. The van der Waals surface area contributed by atoms with Crippen LogP contribution in [0.3, 0.4) is 0 Å². The zero-order valence-electron chi connectivity index (χ0n) is 6.96. The Morgan fingerprint density at radius 3 is 3.00 bits per heavy atom. The van der Waals surface area contributed by atoms with Gasteiger partial charge in [-0.3, -0.25) is 0 Å². The summed E-state index contributed by atoms with van der Waals surface area (Å²) < 4.78 is 10.5. The molecule has 0 atom stereocenters. The van der Waals surface area contributed by atoms with Crippen molar-refractivity contribution in [2.75, 3.05) is 7.11 Å². The first-order valence-corrected chi connectivity index (χ1v) is 3.85. The lowest BCUT2D eigenvalue weighted by Crippen LogP contribution is -2.05. The molecule has 3 rings (SSSR count). The Hall–Kier alpha value is -1.44. The molecule has 2 aliphatic rings. The molecule has 0 amide bonds. The van der Waals surface area contributed by atoms with Crippen molar-refractivity contribution in [3.05, 3.63) is 30.4 Å². The number of rotatable bonds is 3. The van der Waals surface area contributed by atoms with Gasteiger partial charge in [-0.1, -0.05) is 12.1 Å². The summed E-state index contributed by atoms with van der Waals surface area (Å²) in [4.78, 5) is 0. The third-order valence-electron chi connectivity index (χ3n) is 1.94. The van der Waals surface area contributed by atoms with Gasteiger partial charge in [-0.2, -0.15) is 0 Å². The van der Waals surface area contributed by atoms with Crippen molar-refractivity contribution in [3.8, 4) is 17.2 Å². The molecular formula is C10H10O2. The first-order chi connectivity index (χ1) is 5.86. The molecule has 2 bridgehead atoms. The molecule has 0 aromatic heterocycles. The molecule has 1 aromatic rings. The molecule has 0 N–H and O–H groups in total. The number of allylic oxidation sites excluding steroid dienone is 1. The number of fused-ring (bicyclic) bond motifs is 2. The van der Waals surface area contributed by atoms with Crippen LogP contribution in [0.4, 0.5) is 0 Å². The molecule has 62 valence electrons. The van der Waals surface area contributed by atoms with Crippen molar-refractivity contribution in [2.24, 2.45) is 0 Å². The van der Waals surface area contributed by atoms with E-state index in [-0.39, 0.29) is 0 Å². The summed E-state index contributed by atoms with van der Waals surface area (Å²) in [6, 6.07) is 3.96. The SMILES string of the molecule is C=CCc1ccc2c(OC)c1O2. The van der Waals surface area contributed by atoms with Gasteiger partial charge in [0.15, 0.2) is 11.5 Å². The Morgan fingerprint density at radius 1 is 1.58 bits per heavy atom. The number of benzene rings is 1. The lowest BCUT2D eigenvalue weighted by molar-refractivity contribution is 0.311. The third-order valence-corrected chi connectivity index (χ3v) is 1.94. The van der Waals surface area contributed by atoms with Crippen LogP contribution in [0.15, 0.2) is 24.8 Å². The van der Waals surface area contributed by atoms with E-state index in [1.165, 1.54) is 0 Å². The van der Waals surface area contributed by atoms with Crippen LogP contribution in [0.25, 0.3) is 0 Å². The first kappa shape index (κ1) is 7.22. The Bertz CT molecular complexity index is 329. The topological polar surface area (TPSA) is 18.5 Å². The standard InChI is InChI=1S/C10H10O2/c1-3-4-7-5-6-8-10(11-2)9(7)12-8/h3,5-6H,1,4H2,2H3. The smallest absolute Gasteiger partial charge is 0.204 e. The Balaban J connectivity index is 2.40. The fourth-order valence-corrected chi connectivity index (χ4v) is 1.35. The van der Waals surface area contributed by atoms with E-state index < -0.39 is 0 Å². The maximum atomic E-state index is 5.34. The zero-order valence-corrected chi connectivity index (χ0v) is 6.96. The molecule has 2 heteroatoms. The first-order valence-electron chi connectivity index (χ1n) is 3.85. The summed E-state index contributed by atoms with van der Waals surface area (Å²) in [5.74, 6) is 2.57. The molecule has 2 aliphatic heterocycles. The highest BCUT2D eigenvalue weighted by Crippen LogP contribution is 2.51. The van der Waals surface area contributed by atoms with Crippen LogP contribution in [-0.2, 0) is 6.42 Å². The monoisotopic (exact) mass is 162 g/mol. The Morgan fingerprint density at radius 2 is 2.42 bits per heavy atom. The van der Waals surface area contributed by atoms with Crippen LogP contribution in [0.5, 0.6) is 17.2 Å². The molecule has 0 spiro atoms. The normalized spacial score (nSPS) is 11.4. The largest absolute Gasteiger partial charge is 0.490 e. The van der Waals surface area contributed by atoms with Crippen LogP contribution in [-0.4, -0.2) is 7.11 Å². The highest BCUT2D eigenvalue weighted by atomic mass is 16.6. The van der Waals surface area contributed by atoms with E-state index in [1.807, 2.05) is 18.2 Å². The van der Waals surface area contributed by atoms with Gasteiger partial charge < -0.3 is 9.47 Å². The van der Waals surface area contributed by atoms with Gasteiger partial charge in [0, 0.05) is 5.56 Å². The van der Waals surface area contributed by atoms with E-state index in [4.69, 9.17) is 9.47 Å². The molecule has 2 heterocycles. The minimum absolute atomic E-state index is 0.825. The summed E-state index contributed by atoms with van der Waals surface area (Å²) in [5, 5.41) is 0. The fourth-order valence-electron chi connectivity index (χ4n) is 1.35. The summed E-state index contributed by atoms with van der Waals surface area (Å²) in [5.41, 5.74) is 1.14. The maximum absolute atomic E-state index is 5.34. The lowest BCUT2D eigenvalue weighted by Gasteiger charge is -2.24. The molecule has 0 unspecified atom stereocenters. The van der Waals surface area contributed by atoms with Crippen molar-refractivity contribution in [1.29, 1.82) is 0 Å². The van der Waals surface area contributed by atoms with Gasteiger partial charge in [-0.15, -0.1) is 6.58 Å². The molecule has 12 heavy (non-hydrogen) atoms. The number of hydrogen-bond acceptors (Lipinski definition) is 2. The molecule has 0 saturated carbocycles. The second-order valence-electron chi connectivity index (χ2n) is 2.68. The fraction of sp³-hybridized carbons (Fsp3) is 0.200. The quantitative estimate of drug-likeness (QED) is 0.645. The molecule has 0 fully saturated rings. The van der Waals surface area contributed by atoms with Gasteiger partial charge >= 0.3 is 0 Å². The van der Waals surface area contributed by atoms with E-state index in [0.29, 0.717) is 0 Å². The van der Waals surface area contributed by atoms with E-state index >= 15 is 0 Å². The van der Waals surface area contributed by atoms with Gasteiger partial charge in [0.05, 0.1) is 7.11 Å². The van der Waals surface area contributed by atoms with Crippen molar-refractivity contribution < 1.29 is 9.47 Å². The number of methoxy groups -OCH3 is 1. The number of ether oxygens (including phenoxy) is 2. The highest BCUT2D eigenvalue weighted by molar-refractivity contribution is 5.65. The Kier molecular flexibility index (Phi) is 1.54. The van der Waals surface area contributed by atoms with Crippen molar-refractivity contribution in [1.82, 2.24) is 0 Å². The summed E-state index contributed by atoms with van der Waals surface area (Å²) in [6.45, 7) is 3.68. The van der Waals surface area contributed by atoms with Crippen LogP contribution in [0, 0.1) is 0 Å². The van der Waals surface area contributed by atoms with Crippen molar-refractivity contribution >= 4 is 0 Å². The summed E-state index contributed by atoms with van der Waals surface area (Å²) in [6.07, 6.45) is 2.68. The van der Waals surface area contributed by atoms with Crippen molar-refractivity contribution in [2.45, 2.75) is 6.42 Å². The third kappa shape index (κ3) is 0.811. The van der Waals surface area contributed by atoms with Gasteiger partial charge in [-0.25, -0.2) is 0 Å². The second-order valence-corrected chi connectivity index (χ2v) is 2.68. The number of hydrogen-bond donors (Lipinski definition) is 0. The van der Waals surface area contributed by atoms with Crippen molar-refractivity contribution in [3.63, 3.8) is 0 Å². The van der Waals surface area contributed by atoms with Gasteiger partial charge in [0.2, 0.25) is 5.75 Å². The summed E-state index contributed by atoms with van der Waals surface area (Å²) >= 11 is 0. The molecule has 0 saturated heterocycles. The molecular weight excluding hydrogens is 152 g/mol. The lowest BCUT2D eigenvalue weighted by atomic mass is 10.1. The maximum Gasteiger partial charge on any atom is 0.204 e. The van der Waals surface area contributed by atoms with Gasteiger partial charge in [-0.05, 0) is 12.5 Å². The predicted molar refractivity (Wildman–Crippen MR) is 47.0 cm³/mol. The van der Waals surface area contributed by atoms with Crippen LogP contribution < -0.4 is 9.47 Å². The summed E-state index contributed by atoms with van der Waals surface area (Å²) in [7, 11) is 1.66. The molecule has 2 nitrogen and oxygen atoms in total. The van der Waals surface area contributed by atoms with E-state index in [9.17, 15) is 0 Å². The average Bonchev–Trinajstić information content (AvgIpc) is 2.05. The minimum atomic E-state index is 0.825. The zero-order chi connectivity index (χ0) is 8.55. The predicted octanol–water partition coefficient (Wildman–Crippen LogP) is 2.53. The van der Waals surface area contributed by atoms with E-state index in [1.54, 1.807) is 7.11 Å². The van der Waals surface area contributed by atoms with E-state index in [2.05, 4.69) is 6.58 Å². The van der Waals surface area contributed by atoms with Crippen LogP contribution in [0.1, 0.15) is 5.56 Å². The molecule has 0 aliphatic carbocycles. The highest BCUT2D eigenvalue weighted by Gasteiger charge is 2.25. The van der Waals surface area contributed by atoms with E-state index in [0.717, 1.165) is 29.2 Å². The Labute approximate surface area is 71.4 Å². The molecule has 1 aromatic carbocycles.